The van der Waals surface area contributed by atoms with Gasteiger partial charge in [0.2, 0.25) is 0 Å². The summed E-state index contributed by atoms with van der Waals surface area (Å²) in [6.45, 7) is 5.50. The van der Waals surface area contributed by atoms with Crippen LogP contribution in [0, 0.1) is 0 Å². The Morgan fingerprint density at radius 3 is 2.37 bits per heavy atom. The van der Waals surface area contributed by atoms with Crippen molar-refractivity contribution < 1.29 is 19.1 Å². The van der Waals surface area contributed by atoms with Gasteiger partial charge in [0.25, 0.3) is 0 Å². The second-order valence-electron chi connectivity index (χ2n) is 4.25. The SMILES string of the molecule is CCOC(=O)N1CCN(C(=O)NCCCOC)CC1. The van der Waals surface area contributed by atoms with E-state index in [1.54, 1.807) is 23.8 Å². The summed E-state index contributed by atoms with van der Waals surface area (Å²) >= 11 is 0. The molecule has 0 aromatic carbocycles. The minimum absolute atomic E-state index is 0.0837. The van der Waals surface area contributed by atoms with Crippen LogP contribution in [-0.4, -0.2) is 75.0 Å². The number of hydrogen-bond acceptors (Lipinski definition) is 4. The molecule has 1 rings (SSSR count). The maximum Gasteiger partial charge on any atom is 0.409 e. The van der Waals surface area contributed by atoms with E-state index in [1.165, 1.54) is 0 Å². The number of carbonyl (C=O) groups excluding carboxylic acids is 2. The maximum absolute atomic E-state index is 11.8. The van der Waals surface area contributed by atoms with Crippen molar-refractivity contribution in [2.45, 2.75) is 13.3 Å². The Kier molecular flexibility index (Phi) is 7.02. The van der Waals surface area contributed by atoms with Gasteiger partial charge in [-0.3, -0.25) is 0 Å². The Balaban J connectivity index is 2.21. The van der Waals surface area contributed by atoms with Gasteiger partial charge in [-0.1, -0.05) is 0 Å². The fourth-order valence-electron chi connectivity index (χ4n) is 1.83. The molecular formula is C12H23N3O4. The Labute approximate surface area is 113 Å². The zero-order valence-electron chi connectivity index (χ0n) is 11.7. The molecule has 0 aromatic heterocycles. The van der Waals surface area contributed by atoms with E-state index in [-0.39, 0.29) is 12.1 Å². The maximum atomic E-state index is 11.8. The summed E-state index contributed by atoms with van der Waals surface area (Å²) in [5, 5.41) is 2.83. The van der Waals surface area contributed by atoms with Gasteiger partial charge in [-0.2, -0.15) is 0 Å². The normalized spacial score (nSPS) is 15.3. The molecule has 0 bridgehead atoms. The molecule has 1 aliphatic heterocycles. The first-order chi connectivity index (χ1) is 9.19. The van der Waals surface area contributed by atoms with Crippen molar-refractivity contribution in [1.29, 1.82) is 0 Å². The van der Waals surface area contributed by atoms with Crippen LogP contribution in [0.5, 0.6) is 0 Å². The molecule has 1 saturated heterocycles. The fourth-order valence-corrected chi connectivity index (χ4v) is 1.83. The van der Waals surface area contributed by atoms with Crippen molar-refractivity contribution >= 4 is 12.1 Å². The third kappa shape index (κ3) is 5.34. The van der Waals surface area contributed by atoms with Crippen LogP contribution >= 0.6 is 0 Å². The van der Waals surface area contributed by atoms with Gasteiger partial charge >= 0.3 is 12.1 Å². The number of methoxy groups -OCH3 is 1. The lowest BCUT2D eigenvalue weighted by molar-refractivity contribution is 0.0851. The van der Waals surface area contributed by atoms with Gasteiger partial charge < -0.3 is 24.6 Å². The number of rotatable bonds is 5. The van der Waals surface area contributed by atoms with Crippen LogP contribution in [0.1, 0.15) is 13.3 Å². The highest BCUT2D eigenvalue weighted by Crippen LogP contribution is 2.04. The summed E-state index contributed by atoms with van der Waals surface area (Å²) in [4.78, 5) is 26.6. The van der Waals surface area contributed by atoms with Gasteiger partial charge in [0, 0.05) is 46.4 Å². The van der Waals surface area contributed by atoms with Crippen LogP contribution in [0.2, 0.25) is 0 Å². The van der Waals surface area contributed by atoms with E-state index < -0.39 is 0 Å². The Morgan fingerprint density at radius 1 is 1.16 bits per heavy atom. The molecule has 0 aromatic rings. The van der Waals surface area contributed by atoms with Crippen LogP contribution in [0.15, 0.2) is 0 Å². The number of hydrogen-bond donors (Lipinski definition) is 1. The summed E-state index contributed by atoms with van der Waals surface area (Å²) in [6, 6.07) is -0.0837. The molecular weight excluding hydrogens is 250 g/mol. The Morgan fingerprint density at radius 2 is 1.79 bits per heavy atom. The van der Waals surface area contributed by atoms with E-state index in [0.29, 0.717) is 45.9 Å². The number of ether oxygens (including phenoxy) is 2. The second-order valence-corrected chi connectivity index (χ2v) is 4.25. The summed E-state index contributed by atoms with van der Waals surface area (Å²) in [7, 11) is 1.64. The molecule has 3 amide bonds. The van der Waals surface area contributed by atoms with Crippen molar-refractivity contribution in [3.8, 4) is 0 Å². The van der Waals surface area contributed by atoms with Gasteiger partial charge in [0.05, 0.1) is 6.61 Å². The molecule has 0 spiro atoms. The lowest BCUT2D eigenvalue weighted by Gasteiger charge is -2.34. The highest BCUT2D eigenvalue weighted by molar-refractivity contribution is 5.75. The molecule has 0 aliphatic carbocycles. The van der Waals surface area contributed by atoms with Crippen molar-refractivity contribution in [3.63, 3.8) is 0 Å². The number of piperazine rings is 1. The predicted molar refractivity (Wildman–Crippen MR) is 70.1 cm³/mol. The molecule has 19 heavy (non-hydrogen) atoms. The van der Waals surface area contributed by atoms with Gasteiger partial charge in [-0.05, 0) is 13.3 Å². The first-order valence-electron chi connectivity index (χ1n) is 6.62. The van der Waals surface area contributed by atoms with E-state index in [1.807, 2.05) is 0 Å². The van der Waals surface area contributed by atoms with E-state index in [2.05, 4.69) is 5.32 Å². The third-order valence-electron chi connectivity index (χ3n) is 2.89. The predicted octanol–water partition coefficient (Wildman–Crippen LogP) is 0.507. The molecule has 1 aliphatic rings. The van der Waals surface area contributed by atoms with Gasteiger partial charge in [-0.25, -0.2) is 9.59 Å². The highest BCUT2D eigenvalue weighted by Gasteiger charge is 2.24. The number of nitrogens with zero attached hydrogens (tertiary/aromatic N) is 2. The van der Waals surface area contributed by atoms with Crippen molar-refractivity contribution in [2.75, 3.05) is 53.0 Å². The second kappa shape index (κ2) is 8.58. The van der Waals surface area contributed by atoms with Gasteiger partial charge in [0.1, 0.15) is 0 Å². The van der Waals surface area contributed by atoms with Crippen LogP contribution < -0.4 is 5.32 Å². The average molecular weight is 273 g/mol. The number of nitrogens with one attached hydrogen (secondary N) is 1. The molecule has 1 N–H and O–H groups in total. The first kappa shape index (κ1) is 15.6. The lowest BCUT2D eigenvalue weighted by Crippen LogP contribution is -2.53. The van der Waals surface area contributed by atoms with Gasteiger partial charge in [-0.15, -0.1) is 0 Å². The van der Waals surface area contributed by atoms with Crippen molar-refractivity contribution in [3.05, 3.63) is 0 Å². The van der Waals surface area contributed by atoms with Crippen LogP contribution in [0.25, 0.3) is 0 Å². The number of carbonyl (C=O) groups is 2. The lowest BCUT2D eigenvalue weighted by atomic mass is 10.3. The summed E-state index contributed by atoms with van der Waals surface area (Å²) in [5.41, 5.74) is 0. The van der Waals surface area contributed by atoms with Crippen LogP contribution in [0.4, 0.5) is 9.59 Å². The van der Waals surface area contributed by atoms with Crippen LogP contribution in [0.3, 0.4) is 0 Å². The molecule has 0 atom stereocenters. The monoisotopic (exact) mass is 273 g/mol. The van der Waals surface area contributed by atoms with Gasteiger partial charge in [0.15, 0.2) is 0 Å². The zero-order chi connectivity index (χ0) is 14.1. The highest BCUT2D eigenvalue weighted by atomic mass is 16.6. The summed E-state index contributed by atoms with van der Waals surface area (Å²) < 4.78 is 9.83. The van der Waals surface area contributed by atoms with Crippen molar-refractivity contribution in [2.24, 2.45) is 0 Å². The van der Waals surface area contributed by atoms with Crippen LogP contribution in [-0.2, 0) is 9.47 Å². The molecule has 1 fully saturated rings. The smallest absolute Gasteiger partial charge is 0.409 e. The third-order valence-corrected chi connectivity index (χ3v) is 2.89. The van der Waals surface area contributed by atoms with E-state index in [4.69, 9.17) is 9.47 Å². The average Bonchev–Trinajstić information content (AvgIpc) is 2.44. The number of urea groups is 1. The quantitative estimate of drug-likeness (QED) is 0.741. The molecule has 1 heterocycles. The molecule has 0 radical (unpaired) electrons. The standard InChI is InChI=1S/C12H23N3O4/c1-3-19-12(17)15-8-6-14(7-9-15)11(16)13-5-4-10-18-2/h3-10H2,1-2H3,(H,13,16). The summed E-state index contributed by atoms with van der Waals surface area (Å²) in [6.07, 6.45) is 0.494. The minimum atomic E-state index is -0.303. The topological polar surface area (TPSA) is 71.1 Å². The molecule has 7 heteroatoms. The van der Waals surface area contributed by atoms with E-state index >= 15 is 0 Å². The van der Waals surface area contributed by atoms with Crippen molar-refractivity contribution in [1.82, 2.24) is 15.1 Å². The fraction of sp³-hybridized carbons (Fsp3) is 0.833. The molecule has 0 unspecified atom stereocenters. The Bertz CT molecular complexity index is 291. The summed E-state index contributed by atoms with van der Waals surface area (Å²) in [5.74, 6) is 0. The molecule has 110 valence electrons. The Hall–Kier alpha value is -1.50. The number of amides is 3. The minimum Gasteiger partial charge on any atom is -0.450 e. The largest absolute Gasteiger partial charge is 0.450 e. The molecule has 7 nitrogen and oxygen atoms in total. The van der Waals surface area contributed by atoms with E-state index in [9.17, 15) is 9.59 Å². The zero-order valence-corrected chi connectivity index (χ0v) is 11.7. The van der Waals surface area contributed by atoms with E-state index in [0.717, 1.165) is 6.42 Å². The molecule has 0 saturated carbocycles. The first-order valence-corrected chi connectivity index (χ1v) is 6.62.